The molecule has 0 saturated carbocycles. The van der Waals surface area contributed by atoms with Crippen LogP contribution in [0.3, 0.4) is 0 Å². The number of rotatable bonds is 4. The molecule has 0 rings (SSSR count). The molecule has 0 N–H and O–H groups in total. The molecule has 0 fully saturated rings. The van der Waals surface area contributed by atoms with E-state index >= 15 is 0 Å². The fraction of sp³-hybridized carbons (Fsp3) is 0.667. The minimum absolute atomic E-state index is 0.193. The maximum absolute atomic E-state index is 5.77. The minimum Gasteiger partial charge on any atom is -0.344 e. The average molecular weight is 341 g/mol. The Kier molecular flexibility index (Phi) is 6.61. The fourth-order valence-corrected chi connectivity index (χ4v) is 1.93. The van der Waals surface area contributed by atoms with Gasteiger partial charge in [0.05, 0.1) is 5.03 Å². The van der Waals surface area contributed by atoms with Crippen molar-refractivity contribution in [3.05, 3.63) is 9.52 Å². The highest BCUT2D eigenvalue weighted by Crippen LogP contribution is 2.51. The molecule has 0 spiro atoms. The van der Waals surface area contributed by atoms with Crippen molar-refractivity contribution in [2.75, 3.05) is 6.61 Å². The van der Waals surface area contributed by atoms with Crippen LogP contribution in [0.15, 0.2) is 9.52 Å². The molecule has 0 aromatic heterocycles. The standard InChI is InChI=1S/C6H5Cl7O/c1-2-14-6(12,13)5(10,11)3(7)4(8)9/h2H2,1H3. The summed E-state index contributed by atoms with van der Waals surface area (Å²) in [6.45, 7) is 1.85. The Morgan fingerprint density at radius 2 is 1.50 bits per heavy atom. The van der Waals surface area contributed by atoms with E-state index in [1.165, 1.54) is 0 Å². The molecule has 0 aromatic rings. The molecule has 0 amide bonds. The third kappa shape index (κ3) is 3.64. The van der Waals surface area contributed by atoms with E-state index in [9.17, 15) is 0 Å². The van der Waals surface area contributed by atoms with Gasteiger partial charge in [-0.25, -0.2) is 0 Å². The third-order valence-corrected chi connectivity index (χ3v) is 4.45. The summed E-state index contributed by atoms with van der Waals surface area (Å²) in [5, 5.41) is -0.303. The molecule has 0 aliphatic heterocycles. The number of hydrogen-bond acceptors (Lipinski definition) is 1. The van der Waals surface area contributed by atoms with Crippen LogP contribution < -0.4 is 0 Å². The number of alkyl halides is 4. The third-order valence-electron chi connectivity index (χ3n) is 1.13. The molecular formula is C6H5Cl7O. The average Bonchev–Trinajstić information content (AvgIpc) is 2.02. The molecule has 0 aliphatic carbocycles. The Hall–Kier alpha value is 1.73. The fourth-order valence-electron chi connectivity index (χ4n) is 0.518. The van der Waals surface area contributed by atoms with E-state index in [2.05, 4.69) is 0 Å². The Labute approximate surface area is 117 Å². The van der Waals surface area contributed by atoms with E-state index in [1.807, 2.05) is 0 Å². The molecular weight excluding hydrogens is 336 g/mol. The topological polar surface area (TPSA) is 9.23 Å². The molecule has 14 heavy (non-hydrogen) atoms. The summed E-state index contributed by atoms with van der Waals surface area (Å²) in [4.78, 5) is 0. The lowest BCUT2D eigenvalue weighted by Gasteiger charge is -2.31. The monoisotopic (exact) mass is 338 g/mol. The van der Waals surface area contributed by atoms with E-state index in [1.54, 1.807) is 6.92 Å². The molecule has 0 aliphatic rings. The zero-order chi connectivity index (χ0) is 11.6. The first kappa shape index (κ1) is 15.7. The second-order valence-electron chi connectivity index (χ2n) is 2.10. The van der Waals surface area contributed by atoms with Crippen LogP contribution in [0, 0.1) is 0 Å². The zero-order valence-electron chi connectivity index (χ0n) is 6.76. The highest BCUT2D eigenvalue weighted by Gasteiger charge is 2.52. The lowest BCUT2D eigenvalue weighted by Crippen LogP contribution is -2.39. The van der Waals surface area contributed by atoms with Crippen molar-refractivity contribution in [1.82, 2.24) is 0 Å². The highest BCUT2D eigenvalue weighted by molar-refractivity contribution is 6.69. The molecule has 0 bridgehead atoms. The first-order valence-electron chi connectivity index (χ1n) is 3.27. The lowest BCUT2D eigenvalue weighted by molar-refractivity contribution is 0.0851. The van der Waals surface area contributed by atoms with Gasteiger partial charge in [-0.05, 0) is 6.92 Å². The molecule has 84 valence electrons. The quantitative estimate of drug-likeness (QED) is 0.638. The maximum atomic E-state index is 5.77. The molecule has 0 unspecified atom stereocenters. The summed E-state index contributed by atoms with van der Waals surface area (Å²) in [6.07, 6.45) is 0. The van der Waals surface area contributed by atoms with Gasteiger partial charge in [0, 0.05) is 6.61 Å². The molecule has 0 heterocycles. The van der Waals surface area contributed by atoms with Crippen LogP contribution in [0.4, 0.5) is 0 Å². The largest absolute Gasteiger partial charge is 0.344 e. The predicted octanol–water partition coefficient (Wildman–Crippen LogP) is 5.21. The van der Waals surface area contributed by atoms with Gasteiger partial charge in [-0.1, -0.05) is 81.2 Å². The van der Waals surface area contributed by atoms with Gasteiger partial charge in [-0.3, -0.25) is 0 Å². The van der Waals surface area contributed by atoms with E-state index in [0.29, 0.717) is 0 Å². The summed E-state index contributed by atoms with van der Waals surface area (Å²) in [6, 6.07) is 0. The van der Waals surface area contributed by atoms with Gasteiger partial charge in [0.25, 0.3) is 4.52 Å². The van der Waals surface area contributed by atoms with Crippen molar-refractivity contribution in [3.8, 4) is 0 Å². The van der Waals surface area contributed by atoms with Crippen molar-refractivity contribution in [2.24, 2.45) is 0 Å². The molecule has 0 aromatic carbocycles. The van der Waals surface area contributed by atoms with Crippen LogP contribution in [-0.4, -0.2) is 15.5 Å². The first-order valence-corrected chi connectivity index (χ1v) is 5.92. The highest BCUT2D eigenvalue weighted by atomic mass is 35.5. The minimum atomic E-state index is -1.94. The van der Waals surface area contributed by atoms with Crippen LogP contribution in [0.1, 0.15) is 6.92 Å². The van der Waals surface area contributed by atoms with Crippen molar-refractivity contribution in [1.29, 1.82) is 0 Å². The van der Waals surface area contributed by atoms with Crippen LogP contribution in [-0.2, 0) is 4.74 Å². The number of hydrogen-bond donors (Lipinski definition) is 0. The van der Waals surface area contributed by atoms with Crippen molar-refractivity contribution >= 4 is 81.2 Å². The molecule has 8 heteroatoms. The predicted molar refractivity (Wildman–Crippen MR) is 65.1 cm³/mol. The molecule has 0 radical (unpaired) electrons. The molecule has 0 saturated heterocycles. The van der Waals surface area contributed by atoms with Crippen LogP contribution >= 0.6 is 81.2 Å². The molecule has 1 nitrogen and oxygen atoms in total. The van der Waals surface area contributed by atoms with E-state index in [-0.39, 0.29) is 16.1 Å². The first-order chi connectivity index (χ1) is 6.16. The Balaban J connectivity index is 5.04. The summed E-state index contributed by atoms with van der Waals surface area (Å²) in [5.74, 6) is 0. The number of ether oxygens (including phenoxy) is 1. The van der Waals surface area contributed by atoms with E-state index in [0.717, 1.165) is 0 Å². The Morgan fingerprint density at radius 3 is 1.79 bits per heavy atom. The van der Waals surface area contributed by atoms with Gasteiger partial charge in [0.2, 0.25) is 4.33 Å². The van der Waals surface area contributed by atoms with Crippen molar-refractivity contribution in [2.45, 2.75) is 15.8 Å². The van der Waals surface area contributed by atoms with Crippen LogP contribution in [0.2, 0.25) is 0 Å². The Bertz CT molecular complexity index is 230. The number of halogens is 7. The zero-order valence-corrected chi connectivity index (χ0v) is 12.1. The van der Waals surface area contributed by atoms with Crippen LogP contribution in [0.5, 0.6) is 0 Å². The maximum Gasteiger partial charge on any atom is 0.256 e. The van der Waals surface area contributed by atoms with Crippen molar-refractivity contribution < 1.29 is 4.74 Å². The smallest absolute Gasteiger partial charge is 0.256 e. The van der Waals surface area contributed by atoms with Gasteiger partial charge in [0.15, 0.2) is 0 Å². The SMILES string of the molecule is CCOC(Cl)(Cl)C(Cl)(Cl)C(Cl)=C(Cl)Cl. The lowest BCUT2D eigenvalue weighted by atomic mass is 10.4. The van der Waals surface area contributed by atoms with Crippen LogP contribution in [0.25, 0.3) is 0 Å². The van der Waals surface area contributed by atoms with Gasteiger partial charge in [-0.2, -0.15) is 0 Å². The molecule has 0 atom stereocenters. The van der Waals surface area contributed by atoms with E-state index < -0.39 is 8.85 Å². The summed E-state index contributed by atoms with van der Waals surface area (Å²) in [7, 11) is 0. The van der Waals surface area contributed by atoms with Gasteiger partial charge < -0.3 is 4.74 Å². The normalized spacial score (nSPS) is 12.9. The summed E-state index contributed by atoms with van der Waals surface area (Å²) >= 11 is 39.4. The second-order valence-corrected chi connectivity index (χ2v) is 6.01. The van der Waals surface area contributed by atoms with Crippen molar-refractivity contribution in [3.63, 3.8) is 0 Å². The summed E-state index contributed by atoms with van der Waals surface area (Å²) < 4.78 is 0.694. The summed E-state index contributed by atoms with van der Waals surface area (Å²) in [5.41, 5.74) is 0. The van der Waals surface area contributed by atoms with Gasteiger partial charge >= 0.3 is 0 Å². The van der Waals surface area contributed by atoms with Gasteiger partial charge in [0.1, 0.15) is 4.49 Å². The van der Waals surface area contributed by atoms with Gasteiger partial charge in [-0.15, -0.1) is 0 Å². The second kappa shape index (κ2) is 5.88. The van der Waals surface area contributed by atoms with E-state index in [4.69, 9.17) is 85.9 Å². The Morgan fingerprint density at radius 1 is 1.07 bits per heavy atom.